The summed E-state index contributed by atoms with van der Waals surface area (Å²) in [4.78, 5) is 4.90. The van der Waals surface area contributed by atoms with Gasteiger partial charge >= 0.3 is 59.1 Å². The summed E-state index contributed by atoms with van der Waals surface area (Å²) in [5.41, 5.74) is 16.4. The predicted molar refractivity (Wildman–Crippen MR) is 546 cm³/mol. The Balaban J connectivity index is -0.000000735. The number of ether oxygens (including phenoxy) is 1. The molecule has 0 unspecified atom stereocenters. The molecule has 0 spiro atoms. The third-order valence-corrected chi connectivity index (χ3v) is 10.5. The van der Waals surface area contributed by atoms with E-state index < -0.39 is 16.8 Å². The van der Waals surface area contributed by atoms with E-state index in [1.54, 1.807) is 32.9 Å². The molecule has 0 saturated carbocycles. The summed E-state index contributed by atoms with van der Waals surface area (Å²) in [6.07, 6.45) is 12.5. The number of aryl methyl sites for hydroxylation is 1. The van der Waals surface area contributed by atoms with Gasteiger partial charge in [0.25, 0.3) is 10.1 Å². The van der Waals surface area contributed by atoms with E-state index in [4.69, 9.17) is 38.9 Å². The molecule has 1 fully saturated rings. The fourth-order valence-electron chi connectivity index (χ4n) is 4.72. The molecule has 0 radical (unpaired) electrons. The van der Waals surface area contributed by atoms with Crippen LogP contribution in [0.3, 0.4) is 0 Å². The normalized spacial score (nSPS) is 5.44. The molecule has 1 aromatic carbocycles. The Bertz CT molecular complexity index is 8570. The fourth-order valence-corrected chi connectivity index (χ4v) is 5.52. The summed E-state index contributed by atoms with van der Waals surface area (Å²) in [6.45, 7) is 9.15. The van der Waals surface area contributed by atoms with Crippen molar-refractivity contribution < 1.29 is 88.1 Å². The van der Waals surface area contributed by atoms with Gasteiger partial charge in [-0.2, -0.15) is 8.42 Å². The van der Waals surface area contributed by atoms with Gasteiger partial charge in [-0.25, -0.2) is 0 Å². The number of terminal acetylenes is 2. The van der Waals surface area contributed by atoms with Crippen LogP contribution in [0.4, 0.5) is 0 Å². The van der Waals surface area contributed by atoms with Crippen LogP contribution in [0.25, 0.3) is 20.9 Å². The van der Waals surface area contributed by atoms with Gasteiger partial charge in [0.2, 0.25) is 0 Å². The first-order chi connectivity index (χ1) is 68.7. The topological polar surface area (TPSA) is 193 Å². The van der Waals surface area contributed by atoms with Crippen molar-refractivity contribution in [2.24, 2.45) is 10.2 Å². The van der Waals surface area contributed by atoms with Crippen molar-refractivity contribution in [3.8, 4) is 640 Å². The Morgan fingerprint density at radius 3 is 0.500 bits per heavy atom. The Hall–Kier alpha value is -24.1. The Morgan fingerprint density at radius 1 is 0.296 bits per heavy atom. The van der Waals surface area contributed by atoms with Crippen molar-refractivity contribution >= 4 is 10.1 Å². The zero-order valence-corrected chi connectivity index (χ0v) is 79.5. The maximum atomic E-state index is 11.4. The number of benzene rings is 1. The first kappa shape index (κ1) is 131. The molecule has 0 bridgehead atoms. The first-order valence-electron chi connectivity index (χ1n) is 36.4. The third kappa shape index (κ3) is 127. The zero-order valence-electron chi connectivity index (χ0n) is 75.7. The molecule has 15 heteroatoms. The standard InChI is InChI=1S/C108H2.C8H9N3O3S.C4H8O.C2H5N3.C2H6O.C2H5O.CH4.2Na.H/c1-3-5-7-9-11-13-15-17-19-21-23-25-27-29-31-33-35-37-39-41-43-45-47-49-51-53-55-57-59-61-63-65-67-69-71-73-75-77-79-81-83-85-87-89-91-93-95-97-99-101-103-105-107-108-106-104-102-100-98-96-94-92-90-88-86-84-82-80-78-76-74-72-70-68-66-64-62-60-58-56-54-52-50-48-46-44-42-40-38-36-34-32-30-28-26-24-22-20-18-16-14-12-10-8-6-4-2;1-7-2-4-8(5-3-7)15(12,13)14-6-10-11-9;1-2-4-5-3-1;1-2-4-5-3;2*1-2-3;;;;/h1-2H;2-5H,6H2,1H3;1-4H2;2H2,1H3;3H,2H2,1H3;2H2,1H3;1H4;;;/q;;;;;-1;;2*+1;-1. The zero-order chi connectivity index (χ0) is 101. The quantitative estimate of drug-likeness (QED) is 0.0945. The van der Waals surface area contributed by atoms with E-state index in [-0.39, 0.29) is 86.1 Å². The van der Waals surface area contributed by atoms with E-state index in [1.807, 2.05) is 6.92 Å². The van der Waals surface area contributed by atoms with E-state index in [0.29, 0.717) is 6.54 Å². The Labute approximate surface area is 884 Å². The van der Waals surface area contributed by atoms with Crippen LogP contribution < -0.4 is 64.2 Å². The maximum Gasteiger partial charge on any atom is 1.00 e. The van der Waals surface area contributed by atoms with Crippen molar-refractivity contribution in [2.45, 2.75) is 52.9 Å². The van der Waals surface area contributed by atoms with Gasteiger partial charge in [-0.3, -0.25) is 4.18 Å². The van der Waals surface area contributed by atoms with E-state index in [1.165, 1.54) is 25.0 Å². The second-order valence-electron chi connectivity index (χ2n) is 18.5. The van der Waals surface area contributed by atoms with Crippen LogP contribution in [0, 0.1) is 647 Å². The molecule has 12 nitrogen and oxygen atoms in total. The average Bonchev–Trinajstić information content (AvgIpc) is 0.996. The molecule has 1 aromatic rings. The first-order valence-corrected chi connectivity index (χ1v) is 37.8. The molecule has 0 amide bonds. The van der Waals surface area contributed by atoms with Gasteiger partial charge in [0.15, 0.2) is 0 Å². The molecule has 1 saturated heterocycles. The minimum Gasteiger partial charge on any atom is -1.00 e. The molecule has 142 heavy (non-hydrogen) atoms. The second kappa shape index (κ2) is 125. The molecular weight excluding hydrogens is 1780 g/mol. The monoisotopic (exact) mass is 1820 g/mol. The van der Waals surface area contributed by atoms with Gasteiger partial charge in [0.1, 0.15) is 6.73 Å². The van der Waals surface area contributed by atoms with Crippen LogP contribution in [0.5, 0.6) is 0 Å². The van der Waals surface area contributed by atoms with Crippen molar-refractivity contribution in [3.05, 3.63) is 50.7 Å². The van der Waals surface area contributed by atoms with Crippen LogP contribution in [-0.4, -0.2) is 53.2 Å². The molecule has 0 aliphatic carbocycles. The van der Waals surface area contributed by atoms with Gasteiger partial charge in [0, 0.05) is 569 Å². The fraction of sp³-hybridized carbons (Fsp3) is 0.102. The van der Waals surface area contributed by atoms with E-state index in [9.17, 15) is 8.42 Å². The van der Waals surface area contributed by atoms with Crippen LogP contribution >= 0.6 is 0 Å². The van der Waals surface area contributed by atoms with Crippen molar-refractivity contribution in [3.63, 3.8) is 0 Å². The van der Waals surface area contributed by atoms with Crippen molar-refractivity contribution in [2.75, 3.05) is 39.7 Å². The minimum absolute atomic E-state index is 0. The van der Waals surface area contributed by atoms with Gasteiger partial charge in [-0.05, 0) is 145 Å². The second-order valence-corrected chi connectivity index (χ2v) is 20.1. The molecule has 0 aromatic heterocycles. The Morgan fingerprint density at radius 2 is 0.415 bits per heavy atom. The Kier molecular flexibility index (Phi) is 116. The SMILES string of the molecule is C.C#CC#CC#CC#CC#CC#CC#CC#CC#CC#CC#CC#CC#CC#CC#CC#CC#CC#CC#CC#CC#CC#CC#CC#CC#CC#CC#CC#CC#CC#CC#CC#CC#CC#CC#CC#CC#CC#CC#CC#CC#CC#CC#CC#CC#CC#CC#CC#CC#CC#CC#CC#CC#CC#C.C1CCOC1.CCN=[N+]=[N-].CCO.CC[O-].Cc1ccc(S(=O)(=O)OCN=[N+]=[N-])cc1.[H-].[Na+].[Na+]. The number of azide groups is 2. The van der Waals surface area contributed by atoms with Crippen LogP contribution in [0.15, 0.2) is 39.4 Å². The van der Waals surface area contributed by atoms with Crippen LogP contribution in [-0.2, 0) is 19.0 Å². The van der Waals surface area contributed by atoms with Crippen molar-refractivity contribution in [1.82, 2.24) is 0 Å². The molecule has 0 atom stereocenters. The number of hydrogen-bond acceptors (Lipinski definition) is 8. The molecular formula is C127H40N6Na2O6S. The van der Waals surface area contributed by atoms with Gasteiger partial charge < -0.3 is 16.4 Å². The summed E-state index contributed by atoms with van der Waals surface area (Å²) in [7, 11) is -3.81. The predicted octanol–water partition coefficient (Wildman–Crippen LogP) is -1.37. The molecule has 1 N–H and O–H groups in total. The number of aliphatic hydroxyl groups is 1. The summed E-state index contributed by atoms with van der Waals surface area (Å²) in [6, 6.07) is 6.18. The van der Waals surface area contributed by atoms with E-state index in [0.717, 1.165) is 18.8 Å². The third-order valence-electron chi connectivity index (χ3n) is 9.25. The van der Waals surface area contributed by atoms with Crippen LogP contribution in [0.1, 0.15) is 48.0 Å². The number of rotatable bonds is 5. The number of aliphatic hydroxyl groups excluding tert-OH is 1. The molecule has 1 heterocycles. The molecule has 1 aliphatic rings. The largest absolute Gasteiger partial charge is 1.00 e. The minimum atomic E-state index is -3.81. The summed E-state index contributed by atoms with van der Waals surface area (Å²) in [5.74, 6) is 263. The van der Waals surface area contributed by atoms with Crippen molar-refractivity contribution in [1.29, 1.82) is 0 Å². The van der Waals surface area contributed by atoms with Crippen LogP contribution in [0.2, 0.25) is 0 Å². The number of hydrogen-bond donors (Lipinski definition) is 1. The molecule has 1 aliphatic heterocycles. The number of nitrogens with zero attached hydrogens (tertiary/aromatic N) is 6. The summed E-state index contributed by atoms with van der Waals surface area (Å²) < 4.78 is 32.2. The molecule has 2 rings (SSSR count). The summed E-state index contributed by atoms with van der Waals surface area (Å²) in [5, 5.41) is 22.6. The van der Waals surface area contributed by atoms with Gasteiger partial charge in [-0.15, -0.1) is 19.5 Å². The average molecular weight is 1820 g/mol. The smallest absolute Gasteiger partial charge is 1.00 e. The molecule has 622 valence electrons. The van der Waals surface area contributed by atoms with E-state index >= 15 is 0 Å². The van der Waals surface area contributed by atoms with E-state index in [2.05, 4.69) is 652 Å². The maximum absolute atomic E-state index is 11.4. The van der Waals surface area contributed by atoms with Gasteiger partial charge in [-0.1, -0.05) is 49.2 Å². The van der Waals surface area contributed by atoms with Gasteiger partial charge in [0.05, 0.1) is 4.90 Å². The summed E-state index contributed by atoms with van der Waals surface area (Å²) >= 11 is 0.